The van der Waals surface area contributed by atoms with Gasteiger partial charge in [-0.25, -0.2) is 0 Å². The van der Waals surface area contributed by atoms with Crippen LogP contribution in [0, 0.1) is 0 Å². The first-order chi connectivity index (χ1) is 12.6. The van der Waals surface area contributed by atoms with Crippen molar-refractivity contribution in [1.82, 2.24) is 9.55 Å². The van der Waals surface area contributed by atoms with Crippen LogP contribution in [0.1, 0.15) is 23.5 Å². The molecule has 0 saturated carbocycles. The largest absolute Gasteiger partial charge is 0.454 e. The highest BCUT2D eigenvalue weighted by Crippen LogP contribution is 2.40. The van der Waals surface area contributed by atoms with Crippen molar-refractivity contribution in [3.63, 3.8) is 0 Å². The van der Waals surface area contributed by atoms with Crippen LogP contribution in [0.3, 0.4) is 0 Å². The van der Waals surface area contributed by atoms with Gasteiger partial charge in [0, 0.05) is 25.1 Å². The molecular weight excluding hydrogens is 354 g/mol. The molecule has 7 nitrogen and oxygen atoms in total. The third-order valence-corrected chi connectivity index (χ3v) is 5.46. The summed E-state index contributed by atoms with van der Waals surface area (Å²) >= 11 is 1.39. The van der Waals surface area contributed by atoms with Crippen LogP contribution in [-0.2, 0) is 11.8 Å². The lowest BCUT2D eigenvalue weighted by Crippen LogP contribution is -2.33. The van der Waals surface area contributed by atoms with Gasteiger partial charge in [0.1, 0.15) is 5.82 Å². The highest BCUT2D eigenvalue weighted by molar-refractivity contribution is 7.99. The minimum absolute atomic E-state index is 0.138. The number of hydrogen-bond donors (Lipinski definition) is 1. The van der Waals surface area contributed by atoms with E-state index < -0.39 is 0 Å². The van der Waals surface area contributed by atoms with E-state index >= 15 is 0 Å². The lowest BCUT2D eigenvalue weighted by molar-refractivity contribution is -0.116. The number of hydrogen-bond acceptors (Lipinski definition) is 6. The Morgan fingerprint density at radius 1 is 1.38 bits per heavy atom. The van der Waals surface area contributed by atoms with Crippen LogP contribution in [0.2, 0.25) is 0 Å². The molecule has 26 heavy (non-hydrogen) atoms. The van der Waals surface area contributed by atoms with E-state index in [1.54, 1.807) is 23.8 Å². The van der Waals surface area contributed by atoms with E-state index in [-0.39, 0.29) is 30.6 Å². The third kappa shape index (κ3) is 2.76. The molecule has 1 aromatic carbocycles. The normalized spacial score (nSPS) is 17.6. The SMILES string of the molecule is C=CCSc1nc(=O)c2c(n1C)NC(=O)C[C@@H]2c1ccc2c(c1)OCO2. The lowest BCUT2D eigenvalue weighted by atomic mass is 9.86. The number of aromatic nitrogens is 2. The molecule has 0 aliphatic carbocycles. The number of carbonyl (C=O) groups excluding carboxylic acids is 1. The minimum Gasteiger partial charge on any atom is -0.454 e. The van der Waals surface area contributed by atoms with Crippen LogP contribution in [0.4, 0.5) is 5.82 Å². The van der Waals surface area contributed by atoms with E-state index in [1.165, 1.54) is 11.8 Å². The molecule has 1 aromatic heterocycles. The van der Waals surface area contributed by atoms with E-state index in [1.807, 2.05) is 12.1 Å². The first-order valence-corrected chi connectivity index (χ1v) is 9.11. The minimum atomic E-state index is -0.377. The van der Waals surface area contributed by atoms with Crippen molar-refractivity contribution < 1.29 is 14.3 Å². The summed E-state index contributed by atoms with van der Waals surface area (Å²) in [7, 11) is 1.79. The van der Waals surface area contributed by atoms with Crippen LogP contribution in [0.25, 0.3) is 0 Å². The summed E-state index contributed by atoms with van der Waals surface area (Å²) in [6.45, 7) is 3.85. The Labute approximate surface area is 154 Å². The van der Waals surface area contributed by atoms with Gasteiger partial charge in [0.2, 0.25) is 12.7 Å². The quantitative estimate of drug-likeness (QED) is 0.504. The zero-order valence-electron chi connectivity index (χ0n) is 14.2. The zero-order valence-corrected chi connectivity index (χ0v) is 15.0. The predicted molar refractivity (Wildman–Crippen MR) is 98.1 cm³/mol. The van der Waals surface area contributed by atoms with E-state index in [4.69, 9.17) is 9.47 Å². The number of rotatable bonds is 4. The summed E-state index contributed by atoms with van der Waals surface area (Å²) in [5, 5.41) is 3.37. The van der Waals surface area contributed by atoms with Crippen molar-refractivity contribution >= 4 is 23.5 Å². The summed E-state index contributed by atoms with van der Waals surface area (Å²) in [6.07, 6.45) is 1.92. The standard InChI is InChI=1S/C18H17N3O4S/c1-3-6-26-18-20-17(23)15-11(8-14(22)19-16(15)21(18)2)10-4-5-12-13(7-10)25-9-24-12/h3-5,7,11H,1,6,8-9H2,2H3,(H,19,22)/t11-/m1/s1. The van der Waals surface area contributed by atoms with Crippen LogP contribution < -0.4 is 20.3 Å². The van der Waals surface area contributed by atoms with E-state index in [9.17, 15) is 9.59 Å². The van der Waals surface area contributed by atoms with E-state index in [0.717, 1.165) is 5.56 Å². The Morgan fingerprint density at radius 2 is 2.19 bits per heavy atom. The van der Waals surface area contributed by atoms with Crippen molar-refractivity contribution in [2.45, 2.75) is 17.5 Å². The molecule has 1 N–H and O–H groups in total. The third-order valence-electron chi connectivity index (χ3n) is 4.43. The van der Waals surface area contributed by atoms with Crippen molar-refractivity contribution in [2.75, 3.05) is 17.9 Å². The number of anilines is 1. The molecule has 0 bridgehead atoms. The van der Waals surface area contributed by atoms with Crippen molar-refractivity contribution in [3.8, 4) is 11.5 Å². The van der Waals surface area contributed by atoms with Gasteiger partial charge in [-0.3, -0.25) is 9.59 Å². The van der Waals surface area contributed by atoms with Gasteiger partial charge in [-0.2, -0.15) is 4.98 Å². The second kappa shape index (κ2) is 6.53. The Kier molecular flexibility index (Phi) is 4.20. The van der Waals surface area contributed by atoms with Crippen molar-refractivity contribution in [3.05, 3.63) is 52.3 Å². The van der Waals surface area contributed by atoms with Crippen LogP contribution in [-0.4, -0.2) is 28.0 Å². The highest BCUT2D eigenvalue weighted by atomic mass is 32.2. The lowest BCUT2D eigenvalue weighted by Gasteiger charge is -2.27. The molecule has 0 saturated heterocycles. The molecule has 2 aliphatic heterocycles. The van der Waals surface area contributed by atoms with Crippen molar-refractivity contribution in [2.24, 2.45) is 7.05 Å². The number of carbonyl (C=O) groups is 1. The fourth-order valence-electron chi connectivity index (χ4n) is 3.21. The number of fused-ring (bicyclic) bond motifs is 2. The molecule has 134 valence electrons. The maximum atomic E-state index is 12.8. The average Bonchev–Trinajstić information content (AvgIpc) is 3.10. The average molecular weight is 371 g/mol. The Hall–Kier alpha value is -2.74. The van der Waals surface area contributed by atoms with Gasteiger partial charge in [0.05, 0.1) is 5.56 Å². The number of nitrogens with zero attached hydrogens (tertiary/aromatic N) is 2. The van der Waals surface area contributed by atoms with Crippen molar-refractivity contribution in [1.29, 1.82) is 0 Å². The number of nitrogens with one attached hydrogen (secondary N) is 1. The molecule has 4 rings (SSSR count). The van der Waals surface area contributed by atoms with Gasteiger partial charge < -0.3 is 19.4 Å². The molecule has 0 radical (unpaired) electrons. The highest BCUT2D eigenvalue weighted by Gasteiger charge is 2.33. The molecule has 2 aliphatic rings. The van der Waals surface area contributed by atoms with Gasteiger partial charge in [-0.05, 0) is 17.7 Å². The molecule has 8 heteroatoms. The predicted octanol–water partition coefficient (Wildman–Crippen LogP) is 2.26. The van der Waals surface area contributed by atoms with Crippen LogP contribution >= 0.6 is 11.8 Å². The smallest absolute Gasteiger partial charge is 0.279 e. The molecule has 0 fully saturated rings. The number of thioether (sulfide) groups is 1. The molecule has 0 unspecified atom stereocenters. The first kappa shape index (κ1) is 16.7. The number of amides is 1. The van der Waals surface area contributed by atoms with Crippen LogP contribution in [0.15, 0.2) is 40.8 Å². The fourth-order valence-corrected chi connectivity index (χ4v) is 3.91. The Balaban J connectivity index is 1.83. The Morgan fingerprint density at radius 3 is 3.00 bits per heavy atom. The summed E-state index contributed by atoms with van der Waals surface area (Å²) in [5.41, 5.74) is 0.997. The summed E-state index contributed by atoms with van der Waals surface area (Å²) in [4.78, 5) is 29.3. The maximum absolute atomic E-state index is 12.8. The number of ether oxygens (including phenoxy) is 2. The zero-order chi connectivity index (χ0) is 18.3. The summed E-state index contributed by atoms with van der Waals surface area (Å²) in [5.74, 6) is 1.89. The Bertz CT molecular complexity index is 970. The molecule has 1 atom stereocenters. The van der Waals surface area contributed by atoms with Gasteiger partial charge in [0.25, 0.3) is 5.56 Å². The van der Waals surface area contributed by atoms with Crippen LogP contribution in [0.5, 0.6) is 11.5 Å². The van der Waals surface area contributed by atoms with E-state index in [2.05, 4.69) is 16.9 Å². The molecular formula is C18H17N3O4S. The molecule has 0 spiro atoms. The topological polar surface area (TPSA) is 82.5 Å². The monoisotopic (exact) mass is 371 g/mol. The van der Waals surface area contributed by atoms with Gasteiger partial charge in [-0.1, -0.05) is 23.9 Å². The second-order valence-electron chi connectivity index (χ2n) is 6.04. The second-order valence-corrected chi connectivity index (χ2v) is 7.03. The summed E-state index contributed by atoms with van der Waals surface area (Å²) in [6, 6.07) is 5.49. The molecule has 3 heterocycles. The van der Waals surface area contributed by atoms with Gasteiger partial charge in [-0.15, -0.1) is 6.58 Å². The van der Waals surface area contributed by atoms with Gasteiger partial charge in [0.15, 0.2) is 16.7 Å². The first-order valence-electron chi connectivity index (χ1n) is 8.12. The molecule has 1 amide bonds. The molecule has 2 aromatic rings. The van der Waals surface area contributed by atoms with Gasteiger partial charge >= 0.3 is 0 Å². The van der Waals surface area contributed by atoms with E-state index in [0.29, 0.717) is 33.8 Å². The fraction of sp³-hybridized carbons (Fsp3) is 0.278. The summed E-state index contributed by atoms with van der Waals surface area (Å²) < 4.78 is 12.5. The number of benzene rings is 1. The maximum Gasteiger partial charge on any atom is 0.279 e.